The number of carbonyl (C=O) groups excluding carboxylic acids is 2. The van der Waals surface area contributed by atoms with Gasteiger partial charge in [-0.2, -0.15) is 0 Å². The molecule has 1 heterocycles. The molecule has 1 atom stereocenters. The number of ether oxygens (including phenoxy) is 1. The highest BCUT2D eigenvalue weighted by molar-refractivity contribution is 5.91. The van der Waals surface area contributed by atoms with Gasteiger partial charge in [0.25, 0.3) is 5.92 Å². The Morgan fingerprint density at radius 3 is 2.11 bits per heavy atom. The maximum atomic E-state index is 14.2. The Bertz CT molecular complexity index is 1130. The second-order valence-corrected chi connectivity index (χ2v) is 9.58. The van der Waals surface area contributed by atoms with Crippen LogP contribution in [0.5, 0.6) is 0 Å². The van der Waals surface area contributed by atoms with E-state index < -0.39 is 48.4 Å². The lowest BCUT2D eigenvalue weighted by Crippen LogP contribution is -2.58. The van der Waals surface area contributed by atoms with Crippen molar-refractivity contribution in [2.24, 2.45) is 5.92 Å². The molecule has 5 rings (SSSR count). The molecule has 0 bridgehead atoms. The van der Waals surface area contributed by atoms with Gasteiger partial charge in [-0.3, -0.25) is 9.59 Å². The maximum absolute atomic E-state index is 14.2. The molecule has 2 N–H and O–H groups in total. The molecule has 7 nitrogen and oxygen atoms in total. The zero-order valence-corrected chi connectivity index (χ0v) is 19.0. The van der Waals surface area contributed by atoms with Crippen molar-refractivity contribution in [1.29, 1.82) is 0 Å². The fourth-order valence-electron chi connectivity index (χ4n) is 5.70. The number of nitrogens with one attached hydrogen (secondary N) is 1. The minimum Gasteiger partial charge on any atom is -0.481 e. The normalized spacial score (nSPS) is 21.9. The van der Waals surface area contributed by atoms with E-state index >= 15 is 0 Å². The van der Waals surface area contributed by atoms with Gasteiger partial charge in [-0.25, -0.2) is 13.6 Å². The summed E-state index contributed by atoms with van der Waals surface area (Å²) in [7, 11) is 0. The standard InChI is InChI=1S/C26H26F2N2O5/c27-26(28)15-30(13-21(26)22(31)32)23(33)25(11-5-6-12-25)29-24(34)35-14-20-18-9-3-1-7-16(18)17-8-2-4-10-19(17)20/h1-4,7-10,20-21H,5-6,11-15H2,(H,29,34)(H,31,32). The average molecular weight is 484 g/mol. The molecule has 2 aromatic carbocycles. The van der Waals surface area contributed by atoms with Gasteiger partial charge in [0.05, 0.1) is 6.54 Å². The molecule has 0 aromatic heterocycles. The van der Waals surface area contributed by atoms with Crippen molar-refractivity contribution in [3.63, 3.8) is 0 Å². The summed E-state index contributed by atoms with van der Waals surface area (Å²) in [5.41, 5.74) is 2.90. The Balaban J connectivity index is 1.29. The molecular weight excluding hydrogens is 458 g/mol. The summed E-state index contributed by atoms with van der Waals surface area (Å²) in [6.45, 7) is -1.50. The number of carbonyl (C=O) groups is 3. The van der Waals surface area contributed by atoms with Gasteiger partial charge in [0.15, 0.2) is 0 Å². The molecule has 0 spiro atoms. The molecule has 3 aliphatic rings. The number of amides is 2. The Hall–Kier alpha value is -3.49. The Labute approximate surface area is 201 Å². The molecule has 0 radical (unpaired) electrons. The number of halogens is 2. The summed E-state index contributed by atoms with van der Waals surface area (Å²) in [6.07, 6.45) is 1.07. The zero-order chi connectivity index (χ0) is 24.8. The Morgan fingerprint density at radius 2 is 1.57 bits per heavy atom. The third-order valence-corrected chi connectivity index (χ3v) is 7.45. The fraction of sp³-hybridized carbons (Fsp3) is 0.423. The summed E-state index contributed by atoms with van der Waals surface area (Å²) in [5, 5.41) is 11.8. The topological polar surface area (TPSA) is 95.9 Å². The molecule has 1 saturated heterocycles. The highest BCUT2D eigenvalue weighted by Gasteiger charge is 2.56. The number of fused-ring (bicyclic) bond motifs is 3. The summed E-state index contributed by atoms with van der Waals surface area (Å²) >= 11 is 0. The highest BCUT2D eigenvalue weighted by Crippen LogP contribution is 2.44. The van der Waals surface area contributed by atoms with Crippen LogP contribution < -0.4 is 5.32 Å². The van der Waals surface area contributed by atoms with Crippen LogP contribution in [0.3, 0.4) is 0 Å². The summed E-state index contributed by atoms with van der Waals surface area (Å²) in [5.74, 6) is -7.95. The SMILES string of the molecule is O=C(NC1(C(=O)N2CC(C(=O)O)C(F)(F)C2)CCCC1)OCC1c2ccccc2-c2ccccc21. The number of alkyl carbamates (subject to hydrolysis) is 1. The van der Waals surface area contributed by atoms with Crippen LogP contribution in [0.4, 0.5) is 13.6 Å². The van der Waals surface area contributed by atoms with Crippen molar-refractivity contribution in [3.8, 4) is 11.1 Å². The molecule has 2 aliphatic carbocycles. The van der Waals surface area contributed by atoms with E-state index in [-0.39, 0.29) is 25.4 Å². The number of carboxylic acids is 1. The number of hydrogen-bond acceptors (Lipinski definition) is 4. The molecule has 1 aliphatic heterocycles. The van der Waals surface area contributed by atoms with Crippen LogP contribution in [0, 0.1) is 5.92 Å². The van der Waals surface area contributed by atoms with E-state index in [0.717, 1.165) is 27.2 Å². The average Bonchev–Trinajstić information content (AvgIpc) is 3.52. The number of rotatable bonds is 5. The van der Waals surface area contributed by atoms with Crippen molar-refractivity contribution < 1.29 is 33.0 Å². The Morgan fingerprint density at radius 1 is 1.00 bits per heavy atom. The van der Waals surface area contributed by atoms with E-state index in [1.54, 1.807) is 0 Å². The monoisotopic (exact) mass is 484 g/mol. The molecule has 1 unspecified atom stereocenters. The van der Waals surface area contributed by atoms with E-state index in [1.807, 2.05) is 48.5 Å². The minimum absolute atomic E-state index is 0.0625. The van der Waals surface area contributed by atoms with Gasteiger partial charge in [0.1, 0.15) is 18.1 Å². The van der Waals surface area contributed by atoms with Crippen molar-refractivity contribution in [2.45, 2.75) is 43.1 Å². The lowest BCUT2D eigenvalue weighted by molar-refractivity contribution is -0.151. The largest absolute Gasteiger partial charge is 0.481 e. The number of nitrogens with zero attached hydrogens (tertiary/aromatic N) is 1. The first-order valence-electron chi connectivity index (χ1n) is 11.7. The molecule has 2 fully saturated rings. The first-order valence-corrected chi connectivity index (χ1v) is 11.7. The number of carboxylic acid groups (broad SMARTS) is 1. The highest BCUT2D eigenvalue weighted by atomic mass is 19.3. The summed E-state index contributed by atoms with van der Waals surface area (Å²) < 4.78 is 34.0. The second-order valence-electron chi connectivity index (χ2n) is 9.58. The molecule has 35 heavy (non-hydrogen) atoms. The quantitative estimate of drug-likeness (QED) is 0.669. The van der Waals surface area contributed by atoms with Crippen molar-refractivity contribution in [1.82, 2.24) is 10.2 Å². The Kier molecular flexibility index (Phi) is 5.73. The first kappa shape index (κ1) is 23.3. The van der Waals surface area contributed by atoms with Crippen LogP contribution >= 0.6 is 0 Å². The van der Waals surface area contributed by atoms with E-state index in [4.69, 9.17) is 9.84 Å². The second kappa shape index (κ2) is 8.62. The van der Waals surface area contributed by atoms with Crippen LogP contribution in [-0.4, -0.2) is 59.1 Å². The first-order chi connectivity index (χ1) is 16.7. The minimum atomic E-state index is -3.52. The lowest BCUT2D eigenvalue weighted by atomic mass is 9.95. The van der Waals surface area contributed by atoms with Gasteiger partial charge in [-0.1, -0.05) is 61.4 Å². The maximum Gasteiger partial charge on any atom is 0.408 e. The van der Waals surface area contributed by atoms with Crippen molar-refractivity contribution >= 4 is 18.0 Å². The molecular formula is C26H26F2N2O5. The van der Waals surface area contributed by atoms with Gasteiger partial charge in [0, 0.05) is 12.5 Å². The van der Waals surface area contributed by atoms with Crippen LogP contribution in [0.1, 0.15) is 42.7 Å². The lowest BCUT2D eigenvalue weighted by Gasteiger charge is -2.32. The number of benzene rings is 2. The van der Waals surface area contributed by atoms with Crippen LogP contribution in [0.25, 0.3) is 11.1 Å². The summed E-state index contributed by atoms with van der Waals surface area (Å²) in [4.78, 5) is 38.2. The predicted molar refractivity (Wildman–Crippen MR) is 122 cm³/mol. The van der Waals surface area contributed by atoms with Gasteiger partial charge in [-0.15, -0.1) is 0 Å². The molecule has 1 saturated carbocycles. The van der Waals surface area contributed by atoms with E-state index in [9.17, 15) is 23.2 Å². The number of aliphatic carboxylic acids is 1. The van der Waals surface area contributed by atoms with E-state index in [2.05, 4.69) is 5.32 Å². The predicted octanol–water partition coefficient (Wildman–Crippen LogP) is 4.02. The van der Waals surface area contributed by atoms with Crippen molar-refractivity contribution in [3.05, 3.63) is 59.7 Å². The molecule has 2 aromatic rings. The van der Waals surface area contributed by atoms with E-state index in [1.165, 1.54) is 0 Å². The van der Waals surface area contributed by atoms with Gasteiger partial charge in [0.2, 0.25) is 5.91 Å². The number of hydrogen-bond donors (Lipinski definition) is 2. The molecule has 2 amide bonds. The van der Waals surface area contributed by atoms with Crippen molar-refractivity contribution in [2.75, 3.05) is 19.7 Å². The number of alkyl halides is 2. The molecule has 184 valence electrons. The fourth-order valence-corrected chi connectivity index (χ4v) is 5.70. The molecule has 9 heteroatoms. The van der Waals surface area contributed by atoms with Gasteiger partial charge >= 0.3 is 12.1 Å². The zero-order valence-electron chi connectivity index (χ0n) is 19.0. The van der Waals surface area contributed by atoms with Crippen LogP contribution in [0.15, 0.2) is 48.5 Å². The summed E-state index contributed by atoms with van der Waals surface area (Å²) in [6, 6.07) is 15.8. The number of likely N-dealkylation sites (tertiary alicyclic amines) is 1. The van der Waals surface area contributed by atoms with Gasteiger partial charge in [-0.05, 0) is 35.1 Å². The third kappa shape index (κ3) is 4.02. The van der Waals surface area contributed by atoms with E-state index in [0.29, 0.717) is 12.8 Å². The smallest absolute Gasteiger partial charge is 0.408 e. The third-order valence-electron chi connectivity index (χ3n) is 7.45. The van der Waals surface area contributed by atoms with Crippen LogP contribution in [-0.2, 0) is 14.3 Å². The van der Waals surface area contributed by atoms with Gasteiger partial charge < -0.3 is 20.1 Å². The van der Waals surface area contributed by atoms with Crippen LogP contribution in [0.2, 0.25) is 0 Å².